The van der Waals surface area contributed by atoms with Crippen LogP contribution in [-0.4, -0.2) is 29.4 Å². The molecule has 1 saturated carbocycles. The van der Waals surface area contributed by atoms with Crippen LogP contribution >= 0.6 is 0 Å². The number of fused-ring (bicyclic) bond motifs is 1. The number of carbonyl (C=O) groups excluding carboxylic acids is 2. The van der Waals surface area contributed by atoms with Crippen LogP contribution in [0.5, 0.6) is 0 Å². The highest BCUT2D eigenvalue weighted by Gasteiger charge is 2.36. The summed E-state index contributed by atoms with van der Waals surface area (Å²) in [5.41, 5.74) is 2.33. The van der Waals surface area contributed by atoms with Crippen molar-refractivity contribution in [3.05, 3.63) is 59.4 Å². The van der Waals surface area contributed by atoms with Gasteiger partial charge in [-0.2, -0.15) is 0 Å². The predicted octanol–water partition coefficient (Wildman–Crippen LogP) is 4.14. The maximum Gasteiger partial charge on any atom is 0.242 e. The molecule has 8 heteroatoms. The Kier molecular flexibility index (Phi) is 5.15. The van der Waals surface area contributed by atoms with E-state index in [0.717, 1.165) is 11.6 Å². The fourth-order valence-electron chi connectivity index (χ4n) is 4.89. The van der Waals surface area contributed by atoms with E-state index in [0.29, 0.717) is 48.9 Å². The average Bonchev–Trinajstić information content (AvgIpc) is 3.29. The lowest BCUT2D eigenvalue weighted by Crippen LogP contribution is -2.41. The van der Waals surface area contributed by atoms with Gasteiger partial charge in [0, 0.05) is 24.4 Å². The summed E-state index contributed by atoms with van der Waals surface area (Å²) >= 11 is 0. The Balaban J connectivity index is 1.38. The van der Waals surface area contributed by atoms with Gasteiger partial charge in [-0.15, -0.1) is 0 Å². The van der Waals surface area contributed by atoms with E-state index in [2.05, 4.69) is 15.6 Å². The second kappa shape index (κ2) is 8.00. The Bertz CT molecular complexity index is 1200. The molecule has 5 rings (SSSR count). The van der Waals surface area contributed by atoms with Crippen LogP contribution in [-0.2, 0) is 9.59 Å². The van der Waals surface area contributed by atoms with E-state index in [1.807, 2.05) is 0 Å². The van der Waals surface area contributed by atoms with Crippen LogP contribution in [0.1, 0.15) is 37.2 Å². The van der Waals surface area contributed by atoms with Gasteiger partial charge in [0.15, 0.2) is 0 Å². The highest BCUT2D eigenvalue weighted by Crippen LogP contribution is 2.49. The minimum atomic E-state index is -0.681. The minimum Gasteiger partial charge on any atom is -0.354 e. The summed E-state index contributed by atoms with van der Waals surface area (Å²) in [5, 5.41) is 5.93. The predicted molar refractivity (Wildman–Crippen MR) is 113 cm³/mol. The van der Waals surface area contributed by atoms with Crippen LogP contribution in [0.3, 0.4) is 0 Å². The fraction of sp³-hybridized carbons (Fsp3) is 0.333. The first-order valence-corrected chi connectivity index (χ1v) is 10.7. The van der Waals surface area contributed by atoms with Crippen LogP contribution in [0.4, 0.5) is 13.2 Å². The molecule has 1 unspecified atom stereocenters. The Labute approximate surface area is 182 Å². The molecule has 2 fully saturated rings. The zero-order chi connectivity index (χ0) is 22.4. The lowest BCUT2D eigenvalue weighted by molar-refractivity contribution is -0.128. The topological polar surface area (TPSA) is 74.0 Å². The quantitative estimate of drug-likeness (QED) is 0.557. The van der Waals surface area contributed by atoms with Gasteiger partial charge in [0.25, 0.3) is 0 Å². The molecule has 2 amide bonds. The normalized spacial score (nSPS) is 22.6. The van der Waals surface area contributed by atoms with Gasteiger partial charge in [-0.3, -0.25) is 9.59 Å². The third-order valence-corrected chi connectivity index (χ3v) is 6.50. The lowest BCUT2D eigenvalue weighted by Gasteiger charge is -2.36. The summed E-state index contributed by atoms with van der Waals surface area (Å²) in [6.07, 6.45) is 2.26. The lowest BCUT2D eigenvalue weighted by atomic mass is 9.69. The molecule has 2 aliphatic rings. The molecule has 2 aromatic carbocycles. The van der Waals surface area contributed by atoms with E-state index in [9.17, 15) is 22.8 Å². The van der Waals surface area contributed by atoms with Gasteiger partial charge < -0.3 is 15.6 Å². The van der Waals surface area contributed by atoms with Crippen molar-refractivity contribution in [2.24, 2.45) is 5.92 Å². The molecule has 0 spiro atoms. The summed E-state index contributed by atoms with van der Waals surface area (Å²) in [4.78, 5) is 27.0. The van der Waals surface area contributed by atoms with Gasteiger partial charge in [0.05, 0.1) is 11.2 Å². The van der Waals surface area contributed by atoms with Gasteiger partial charge >= 0.3 is 0 Å². The van der Waals surface area contributed by atoms with Crippen molar-refractivity contribution in [1.82, 2.24) is 15.6 Å². The number of amides is 2. The summed E-state index contributed by atoms with van der Waals surface area (Å²) in [6, 6.07) is 7.55. The summed E-state index contributed by atoms with van der Waals surface area (Å²) in [5.74, 6) is -1.91. The van der Waals surface area contributed by atoms with Crippen LogP contribution in [0.25, 0.3) is 22.2 Å². The van der Waals surface area contributed by atoms with Gasteiger partial charge in [0.2, 0.25) is 11.8 Å². The average molecular weight is 441 g/mol. The Morgan fingerprint density at radius 3 is 2.50 bits per heavy atom. The highest BCUT2D eigenvalue weighted by atomic mass is 19.1. The smallest absolute Gasteiger partial charge is 0.242 e. The maximum absolute atomic E-state index is 14.5. The minimum absolute atomic E-state index is 0.0117. The first-order chi connectivity index (χ1) is 15.4. The largest absolute Gasteiger partial charge is 0.354 e. The van der Waals surface area contributed by atoms with E-state index in [4.69, 9.17) is 0 Å². The van der Waals surface area contributed by atoms with Crippen LogP contribution in [0.2, 0.25) is 0 Å². The first kappa shape index (κ1) is 20.6. The molecule has 5 nitrogen and oxygen atoms in total. The Morgan fingerprint density at radius 2 is 1.81 bits per heavy atom. The molecule has 3 aromatic rings. The first-order valence-electron chi connectivity index (χ1n) is 10.7. The van der Waals surface area contributed by atoms with E-state index in [1.165, 1.54) is 18.2 Å². The molecule has 0 bridgehead atoms. The van der Waals surface area contributed by atoms with Crippen molar-refractivity contribution >= 4 is 22.7 Å². The number of carbonyl (C=O) groups is 2. The number of aromatic nitrogens is 1. The molecule has 2 heterocycles. The van der Waals surface area contributed by atoms with Crippen molar-refractivity contribution in [1.29, 1.82) is 0 Å². The van der Waals surface area contributed by atoms with Crippen molar-refractivity contribution in [3.8, 4) is 11.3 Å². The number of rotatable bonds is 5. The third-order valence-electron chi connectivity index (χ3n) is 6.50. The molecule has 166 valence electrons. The molecule has 1 saturated heterocycles. The van der Waals surface area contributed by atoms with Gasteiger partial charge in [0.1, 0.15) is 23.5 Å². The number of H-pyrrole nitrogens is 1. The third kappa shape index (κ3) is 3.74. The molecular formula is C24H22F3N3O2. The number of nitrogens with one attached hydrogen (secondary N) is 3. The van der Waals surface area contributed by atoms with Crippen molar-refractivity contribution in [2.75, 3.05) is 6.54 Å². The van der Waals surface area contributed by atoms with E-state index in [1.54, 1.807) is 12.1 Å². The van der Waals surface area contributed by atoms with Crippen LogP contribution < -0.4 is 10.6 Å². The number of hydrogen-bond donors (Lipinski definition) is 3. The van der Waals surface area contributed by atoms with Crippen LogP contribution in [0.15, 0.2) is 36.4 Å². The zero-order valence-electron chi connectivity index (χ0n) is 17.2. The second-order valence-corrected chi connectivity index (χ2v) is 8.67. The number of aromatic amines is 1. The molecule has 1 aromatic heterocycles. The van der Waals surface area contributed by atoms with E-state index in [-0.39, 0.29) is 35.0 Å². The van der Waals surface area contributed by atoms with Crippen molar-refractivity contribution in [3.63, 3.8) is 0 Å². The summed E-state index contributed by atoms with van der Waals surface area (Å²) in [6.45, 7) is 0.565. The Hall–Kier alpha value is -3.29. The molecule has 32 heavy (non-hydrogen) atoms. The molecule has 1 aliphatic carbocycles. The molecule has 1 aliphatic heterocycles. The molecule has 1 atom stereocenters. The highest BCUT2D eigenvalue weighted by molar-refractivity contribution is 5.92. The van der Waals surface area contributed by atoms with Crippen molar-refractivity contribution in [2.45, 2.75) is 37.6 Å². The standard InChI is InChI=1S/C24H22F3N3O2/c25-15-3-1-13(2-4-15)22-21(17-10-16(26)11-18(27)23(17)30-22)14-7-12(8-14)9-20(31)29-19-5-6-28-24(19)32/h1-4,10-12,14,19,30H,5-9H2,(H,28,32)(H,29,31). The van der Waals surface area contributed by atoms with Gasteiger partial charge in [-0.05, 0) is 72.6 Å². The molecule has 0 radical (unpaired) electrons. The number of halogens is 3. The number of benzene rings is 2. The van der Waals surface area contributed by atoms with E-state index < -0.39 is 17.7 Å². The van der Waals surface area contributed by atoms with Gasteiger partial charge in [-0.25, -0.2) is 13.2 Å². The zero-order valence-corrected chi connectivity index (χ0v) is 17.2. The number of hydrogen-bond acceptors (Lipinski definition) is 2. The maximum atomic E-state index is 14.5. The molecular weight excluding hydrogens is 419 g/mol. The SMILES string of the molecule is O=C(CC1CC(c2c(-c3ccc(F)cc3)[nH]c3c(F)cc(F)cc23)C1)NC1CCNC1=O. The van der Waals surface area contributed by atoms with E-state index >= 15 is 0 Å². The Morgan fingerprint density at radius 1 is 1.06 bits per heavy atom. The van der Waals surface area contributed by atoms with Crippen LogP contribution in [0, 0.1) is 23.4 Å². The molecule has 3 N–H and O–H groups in total. The second-order valence-electron chi connectivity index (χ2n) is 8.67. The monoisotopic (exact) mass is 441 g/mol. The van der Waals surface area contributed by atoms with Crippen molar-refractivity contribution < 1.29 is 22.8 Å². The summed E-state index contributed by atoms with van der Waals surface area (Å²) < 4.78 is 41.9. The van der Waals surface area contributed by atoms with Gasteiger partial charge in [-0.1, -0.05) is 0 Å². The summed E-state index contributed by atoms with van der Waals surface area (Å²) in [7, 11) is 0. The fourth-order valence-corrected chi connectivity index (χ4v) is 4.89.